The smallest absolute Gasteiger partial charge is 0.158 e. The minimum Gasteiger partial charge on any atom is -0.379 e. The number of hydrogen-bond donors (Lipinski definition) is 0. The SMILES string of the molecule is COC(C)(C)CCC1CCC(C)=CC1=O. The third-order valence-electron chi connectivity index (χ3n) is 3.33. The second-order valence-electron chi connectivity index (χ2n) is 5.13. The normalized spacial score (nSPS) is 22.8. The molecule has 0 saturated carbocycles. The molecule has 1 aliphatic rings. The van der Waals surface area contributed by atoms with Crippen LogP contribution in [0.4, 0.5) is 0 Å². The third kappa shape index (κ3) is 3.78. The van der Waals surface area contributed by atoms with Crippen molar-refractivity contribution in [2.75, 3.05) is 7.11 Å². The lowest BCUT2D eigenvalue weighted by Gasteiger charge is -2.26. The molecule has 0 amide bonds. The van der Waals surface area contributed by atoms with E-state index < -0.39 is 0 Å². The second-order valence-corrected chi connectivity index (χ2v) is 5.13. The molecule has 0 heterocycles. The molecule has 0 fully saturated rings. The molecule has 86 valence electrons. The number of allylic oxidation sites excluding steroid dienone is 2. The quantitative estimate of drug-likeness (QED) is 0.712. The standard InChI is InChI=1S/C13H22O2/c1-10-5-6-11(12(14)9-10)7-8-13(2,3)15-4/h9,11H,5-8H2,1-4H3. The van der Waals surface area contributed by atoms with Crippen molar-refractivity contribution in [1.29, 1.82) is 0 Å². The fourth-order valence-corrected chi connectivity index (χ4v) is 1.89. The van der Waals surface area contributed by atoms with Gasteiger partial charge in [-0.3, -0.25) is 4.79 Å². The zero-order valence-electron chi connectivity index (χ0n) is 10.3. The summed E-state index contributed by atoms with van der Waals surface area (Å²) < 4.78 is 5.36. The minimum absolute atomic E-state index is 0.101. The van der Waals surface area contributed by atoms with E-state index in [1.54, 1.807) is 7.11 Å². The lowest BCUT2D eigenvalue weighted by Crippen LogP contribution is -2.26. The van der Waals surface area contributed by atoms with Crippen molar-refractivity contribution >= 4 is 5.78 Å². The van der Waals surface area contributed by atoms with E-state index in [4.69, 9.17) is 4.74 Å². The summed E-state index contributed by atoms with van der Waals surface area (Å²) in [6, 6.07) is 0. The zero-order valence-corrected chi connectivity index (χ0v) is 10.3. The molecule has 0 aromatic rings. The first-order valence-corrected chi connectivity index (χ1v) is 5.71. The maximum absolute atomic E-state index is 11.7. The van der Waals surface area contributed by atoms with Crippen LogP contribution in [0.15, 0.2) is 11.6 Å². The van der Waals surface area contributed by atoms with Crippen molar-refractivity contribution in [3.05, 3.63) is 11.6 Å². The molecule has 0 bridgehead atoms. The maximum Gasteiger partial charge on any atom is 0.158 e. The van der Waals surface area contributed by atoms with Gasteiger partial charge in [-0.25, -0.2) is 0 Å². The average Bonchev–Trinajstić information content (AvgIpc) is 2.16. The number of ether oxygens (including phenoxy) is 1. The fraction of sp³-hybridized carbons (Fsp3) is 0.769. The van der Waals surface area contributed by atoms with Crippen LogP contribution in [0.25, 0.3) is 0 Å². The summed E-state index contributed by atoms with van der Waals surface area (Å²) in [6.07, 6.45) is 5.80. The molecule has 0 aromatic heterocycles. The first-order chi connectivity index (χ1) is 6.94. The summed E-state index contributed by atoms with van der Waals surface area (Å²) in [6.45, 7) is 6.18. The number of rotatable bonds is 4. The fourth-order valence-electron chi connectivity index (χ4n) is 1.89. The van der Waals surface area contributed by atoms with E-state index in [9.17, 15) is 4.79 Å². The van der Waals surface area contributed by atoms with Gasteiger partial charge in [0.2, 0.25) is 0 Å². The van der Waals surface area contributed by atoms with E-state index in [0.717, 1.165) is 25.7 Å². The Morgan fingerprint density at radius 3 is 2.73 bits per heavy atom. The molecule has 1 rings (SSSR count). The van der Waals surface area contributed by atoms with Crippen LogP contribution in [0.1, 0.15) is 46.5 Å². The summed E-state index contributed by atoms with van der Waals surface area (Å²) in [5.74, 6) is 0.536. The molecular weight excluding hydrogens is 188 g/mol. The first-order valence-electron chi connectivity index (χ1n) is 5.71. The molecule has 0 aromatic carbocycles. The number of ketones is 1. The summed E-state index contributed by atoms with van der Waals surface area (Å²) in [5, 5.41) is 0. The first kappa shape index (κ1) is 12.4. The Kier molecular flexibility index (Phi) is 4.09. The highest BCUT2D eigenvalue weighted by atomic mass is 16.5. The Morgan fingerprint density at radius 1 is 1.53 bits per heavy atom. The monoisotopic (exact) mass is 210 g/mol. The second kappa shape index (κ2) is 4.93. The minimum atomic E-state index is -0.101. The molecule has 1 unspecified atom stereocenters. The van der Waals surface area contributed by atoms with Gasteiger partial charge in [-0.1, -0.05) is 5.57 Å². The van der Waals surface area contributed by atoms with Gasteiger partial charge in [0, 0.05) is 13.0 Å². The van der Waals surface area contributed by atoms with Crippen molar-refractivity contribution in [1.82, 2.24) is 0 Å². The van der Waals surface area contributed by atoms with Crippen molar-refractivity contribution < 1.29 is 9.53 Å². The van der Waals surface area contributed by atoms with E-state index in [1.807, 2.05) is 13.0 Å². The molecule has 15 heavy (non-hydrogen) atoms. The number of hydrogen-bond acceptors (Lipinski definition) is 2. The van der Waals surface area contributed by atoms with Crippen molar-refractivity contribution in [3.8, 4) is 0 Å². The molecule has 2 nitrogen and oxygen atoms in total. The highest BCUT2D eigenvalue weighted by Gasteiger charge is 2.24. The molecule has 0 aliphatic heterocycles. The van der Waals surface area contributed by atoms with Gasteiger partial charge >= 0.3 is 0 Å². The van der Waals surface area contributed by atoms with E-state index in [2.05, 4.69) is 13.8 Å². The van der Waals surface area contributed by atoms with E-state index in [1.165, 1.54) is 5.57 Å². The topological polar surface area (TPSA) is 26.3 Å². The van der Waals surface area contributed by atoms with Gasteiger partial charge in [0.1, 0.15) is 0 Å². The molecule has 0 radical (unpaired) electrons. The van der Waals surface area contributed by atoms with Crippen LogP contribution in [-0.4, -0.2) is 18.5 Å². The van der Waals surface area contributed by atoms with Gasteiger partial charge in [-0.05, 0) is 52.5 Å². The number of carbonyl (C=O) groups is 1. The van der Waals surface area contributed by atoms with E-state index in [0.29, 0.717) is 5.78 Å². The molecule has 0 spiro atoms. The predicted molar refractivity (Wildman–Crippen MR) is 61.8 cm³/mol. The summed E-state index contributed by atoms with van der Waals surface area (Å²) >= 11 is 0. The van der Waals surface area contributed by atoms with Gasteiger partial charge in [-0.2, -0.15) is 0 Å². The molecule has 0 saturated heterocycles. The van der Waals surface area contributed by atoms with Gasteiger partial charge in [0.15, 0.2) is 5.78 Å². The lowest BCUT2D eigenvalue weighted by molar-refractivity contribution is -0.119. The molecular formula is C13H22O2. The predicted octanol–water partition coefficient (Wildman–Crippen LogP) is 3.12. The number of methoxy groups -OCH3 is 1. The summed E-state index contributed by atoms with van der Waals surface area (Å²) in [7, 11) is 1.73. The molecule has 2 heteroatoms. The third-order valence-corrected chi connectivity index (χ3v) is 3.33. The summed E-state index contributed by atoms with van der Waals surface area (Å²) in [5.41, 5.74) is 1.12. The van der Waals surface area contributed by atoms with Crippen LogP contribution in [0.5, 0.6) is 0 Å². The Morgan fingerprint density at radius 2 is 2.20 bits per heavy atom. The lowest BCUT2D eigenvalue weighted by atomic mass is 9.84. The van der Waals surface area contributed by atoms with Gasteiger partial charge in [0.05, 0.1) is 5.60 Å². The highest BCUT2D eigenvalue weighted by molar-refractivity contribution is 5.93. The van der Waals surface area contributed by atoms with Crippen LogP contribution in [0, 0.1) is 5.92 Å². The largest absolute Gasteiger partial charge is 0.379 e. The van der Waals surface area contributed by atoms with Crippen LogP contribution in [0.2, 0.25) is 0 Å². The molecule has 1 atom stereocenters. The Bertz CT molecular complexity index is 264. The van der Waals surface area contributed by atoms with Crippen molar-refractivity contribution in [3.63, 3.8) is 0 Å². The van der Waals surface area contributed by atoms with Crippen LogP contribution in [-0.2, 0) is 9.53 Å². The van der Waals surface area contributed by atoms with Crippen LogP contribution < -0.4 is 0 Å². The Hall–Kier alpha value is -0.630. The van der Waals surface area contributed by atoms with Gasteiger partial charge < -0.3 is 4.74 Å². The maximum atomic E-state index is 11.7. The molecule has 0 N–H and O–H groups in total. The van der Waals surface area contributed by atoms with E-state index >= 15 is 0 Å². The highest BCUT2D eigenvalue weighted by Crippen LogP contribution is 2.27. The molecule has 1 aliphatic carbocycles. The Labute approximate surface area is 92.7 Å². The summed E-state index contributed by atoms with van der Waals surface area (Å²) in [4.78, 5) is 11.7. The number of carbonyl (C=O) groups excluding carboxylic acids is 1. The van der Waals surface area contributed by atoms with Crippen molar-refractivity contribution in [2.24, 2.45) is 5.92 Å². The average molecular weight is 210 g/mol. The van der Waals surface area contributed by atoms with Gasteiger partial charge in [-0.15, -0.1) is 0 Å². The Balaban J connectivity index is 2.44. The zero-order chi connectivity index (χ0) is 11.5. The van der Waals surface area contributed by atoms with Crippen LogP contribution in [0.3, 0.4) is 0 Å². The van der Waals surface area contributed by atoms with E-state index in [-0.39, 0.29) is 11.5 Å². The van der Waals surface area contributed by atoms with Crippen LogP contribution >= 0.6 is 0 Å². The van der Waals surface area contributed by atoms with Gasteiger partial charge in [0.25, 0.3) is 0 Å². The van der Waals surface area contributed by atoms with Crippen molar-refractivity contribution in [2.45, 2.75) is 52.1 Å².